The number of hydrogen-bond donors (Lipinski definition) is 1. The predicted octanol–water partition coefficient (Wildman–Crippen LogP) is 1.25. The van der Waals surface area contributed by atoms with Crippen LogP contribution in [0.25, 0.3) is 10.2 Å². The fourth-order valence-electron chi connectivity index (χ4n) is 3.62. The van der Waals surface area contributed by atoms with Gasteiger partial charge in [-0.25, -0.2) is 0 Å². The Bertz CT molecular complexity index is 693. The fourth-order valence-corrected chi connectivity index (χ4v) is 4.56. The fraction of sp³-hybridized carbons (Fsp3) is 0.533. The van der Waals surface area contributed by atoms with E-state index in [-0.39, 0.29) is 4.87 Å². The summed E-state index contributed by atoms with van der Waals surface area (Å²) >= 11 is 1.35. The minimum absolute atomic E-state index is 0.124. The van der Waals surface area contributed by atoms with Gasteiger partial charge in [-0.2, -0.15) is 0 Å². The molecule has 2 fully saturated rings. The minimum Gasteiger partial charge on any atom is -0.316 e. The molecule has 2 aliphatic rings. The lowest BCUT2D eigenvalue weighted by atomic mass is 10.0. The van der Waals surface area contributed by atoms with Crippen LogP contribution in [-0.2, 0) is 13.6 Å². The Balaban J connectivity index is 1.56. The summed E-state index contributed by atoms with van der Waals surface area (Å²) in [5.41, 5.74) is 2.37. The first-order chi connectivity index (χ1) is 9.70. The van der Waals surface area contributed by atoms with Gasteiger partial charge in [0, 0.05) is 26.7 Å². The number of aromatic nitrogens is 1. The second kappa shape index (κ2) is 4.69. The number of thiazole rings is 1. The van der Waals surface area contributed by atoms with Gasteiger partial charge in [0.15, 0.2) is 0 Å². The highest BCUT2D eigenvalue weighted by Crippen LogP contribution is 2.28. The van der Waals surface area contributed by atoms with Crippen molar-refractivity contribution < 1.29 is 0 Å². The molecule has 4 nitrogen and oxygen atoms in total. The Morgan fingerprint density at radius 1 is 1.30 bits per heavy atom. The third-order valence-corrected chi connectivity index (χ3v) is 5.72. The summed E-state index contributed by atoms with van der Waals surface area (Å²) in [5, 5.41) is 3.48. The van der Waals surface area contributed by atoms with E-state index in [9.17, 15) is 4.79 Å². The van der Waals surface area contributed by atoms with Gasteiger partial charge in [0.1, 0.15) is 0 Å². The maximum absolute atomic E-state index is 11.7. The number of benzene rings is 1. The number of rotatable bonds is 2. The van der Waals surface area contributed by atoms with Crippen LogP contribution in [0.5, 0.6) is 0 Å². The topological polar surface area (TPSA) is 37.3 Å². The molecule has 1 N–H and O–H groups in total. The first kappa shape index (κ1) is 12.6. The lowest BCUT2D eigenvalue weighted by Gasteiger charge is -2.17. The lowest BCUT2D eigenvalue weighted by molar-refractivity contribution is 0.306. The van der Waals surface area contributed by atoms with Crippen LogP contribution < -0.4 is 10.2 Å². The van der Waals surface area contributed by atoms with E-state index in [0.717, 1.165) is 28.6 Å². The average molecular weight is 289 g/mol. The van der Waals surface area contributed by atoms with Crippen molar-refractivity contribution in [3.63, 3.8) is 0 Å². The van der Waals surface area contributed by atoms with Gasteiger partial charge in [-0.05, 0) is 42.6 Å². The summed E-state index contributed by atoms with van der Waals surface area (Å²) in [6, 6.07) is 6.44. The monoisotopic (exact) mass is 289 g/mol. The van der Waals surface area contributed by atoms with Crippen LogP contribution in [0.1, 0.15) is 5.56 Å². The number of aryl methyl sites for hydroxylation is 1. The lowest BCUT2D eigenvalue weighted by Crippen LogP contribution is -2.25. The normalized spacial score (nSPS) is 26.4. The summed E-state index contributed by atoms with van der Waals surface area (Å²) < 4.78 is 2.84. The van der Waals surface area contributed by atoms with Crippen molar-refractivity contribution in [1.82, 2.24) is 14.8 Å². The molecular formula is C15H19N3OS. The molecule has 20 heavy (non-hydrogen) atoms. The quantitative estimate of drug-likeness (QED) is 0.904. The highest BCUT2D eigenvalue weighted by atomic mass is 32.1. The summed E-state index contributed by atoms with van der Waals surface area (Å²) in [7, 11) is 1.84. The Labute approximate surface area is 122 Å². The standard InChI is InChI=1S/C15H19N3OS/c1-17-13-3-2-10(4-14(13)20-15(17)19)7-18-8-11-5-16-6-12(11)9-18/h2-4,11-12,16H,5-9H2,1H3/t11-,12+. The van der Waals surface area contributed by atoms with E-state index >= 15 is 0 Å². The molecule has 2 aromatic rings. The van der Waals surface area contributed by atoms with E-state index in [1.807, 2.05) is 7.05 Å². The largest absolute Gasteiger partial charge is 0.316 e. The van der Waals surface area contributed by atoms with Crippen molar-refractivity contribution >= 4 is 21.6 Å². The highest BCUT2D eigenvalue weighted by molar-refractivity contribution is 7.16. The molecule has 0 amide bonds. The zero-order chi connectivity index (χ0) is 13.7. The van der Waals surface area contributed by atoms with Gasteiger partial charge in [0.05, 0.1) is 10.2 Å². The van der Waals surface area contributed by atoms with Crippen molar-refractivity contribution in [3.05, 3.63) is 33.4 Å². The van der Waals surface area contributed by atoms with Gasteiger partial charge in [-0.1, -0.05) is 17.4 Å². The van der Waals surface area contributed by atoms with Gasteiger partial charge >= 0.3 is 4.87 Å². The second-order valence-corrected chi connectivity index (χ2v) is 7.09. The molecule has 106 valence electrons. The zero-order valence-electron chi connectivity index (χ0n) is 11.6. The molecule has 5 heteroatoms. The maximum Gasteiger partial charge on any atom is 0.307 e. The molecule has 0 radical (unpaired) electrons. The molecule has 1 aromatic carbocycles. The molecule has 0 bridgehead atoms. The van der Waals surface area contributed by atoms with Crippen LogP contribution in [0.3, 0.4) is 0 Å². The van der Waals surface area contributed by atoms with Crippen LogP contribution >= 0.6 is 11.3 Å². The summed E-state index contributed by atoms with van der Waals surface area (Å²) in [5.74, 6) is 1.68. The van der Waals surface area contributed by atoms with E-state index in [0.29, 0.717) is 0 Å². The molecule has 0 unspecified atom stereocenters. The Morgan fingerprint density at radius 2 is 2.05 bits per heavy atom. The molecular weight excluding hydrogens is 270 g/mol. The zero-order valence-corrected chi connectivity index (χ0v) is 12.4. The Hall–Kier alpha value is -1.17. The molecule has 0 aliphatic carbocycles. The Morgan fingerprint density at radius 3 is 2.80 bits per heavy atom. The van der Waals surface area contributed by atoms with Crippen molar-refractivity contribution in [2.45, 2.75) is 6.54 Å². The van der Waals surface area contributed by atoms with Crippen LogP contribution in [0.2, 0.25) is 0 Å². The summed E-state index contributed by atoms with van der Waals surface area (Å²) in [4.78, 5) is 14.4. The average Bonchev–Trinajstić information content (AvgIpc) is 3.05. The maximum atomic E-state index is 11.7. The number of fused-ring (bicyclic) bond motifs is 2. The van der Waals surface area contributed by atoms with Gasteiger partial charge in [-0.15, -0.1) is 0 Å². The van der Waals surface area contributed by atoms with Crippen molar-refractivity contribution in [3.8, 4) is 0 Å². The van der Waals surface area contributed by atoms with Crippen molar-refractivity contribution in [2.24, 2.45) is 18.9 Å². The number of likely N-dealkylation sites (tertiary alicyclic amines) is 1. The van der Waals surface area contributed by atoms with Crippen LogP contribution in [0.4, 0.5) is 0 Å². The third-order valence-electron chi connectivity index (χ3n) is 4.73. The molecule has 1 aromatic heterocycles. The number of hydrogen-bond acceptors (Lipinski definition) is 4. The van der Waals surface area contributed by atoms with Gasteiger partial charge < -0.3 is 9.88 Å². The first-order valence-electron chi connectivity index (χ1n) is 7.22. The molecule has 3 heterocycles. The van der Waals surface area contributed by atoms with Crippen LogP contribution in [0, 0.1) is 11.8 Å². The van der Waals surface area contributed by atoms with Gasteiger partial charge in [0.25, 0.3) is 0 Å². The van der Waals surface area contributed by atoms with Crippen molar-refractivity contribution in [1.29, 1.82) is 0 Å². The summed E-state index contributed by atoms with van der Waals surface area (Å²) in [6.07, 6.45) is 0. The smallest absolute Gasteiger partial charge is 0.307 e. The van der Waals surface area contributed by atoms with E-state index in [4.69, 9.17) is 0 Å². The Kier molecular flexibility index (Phi) is 2.94. The summed E-state index contributed by atoms with van der Waals surface area (Å²) in [6.45, 7) is 5.79. The SMILES string of the molecule is Cn1c(=O)sc2cc(CN3C[C@H]4CNC[C@H]4C3)ccc21. The van der Waals surface area contributed by atoms with Crippen LogP contribution in [0.15, 0.2) is 23.0 Å². The van der Waals surface area contributed by atoms with Crippen molar-refractivity contribution in [2.75, 3.05) is 26.2 Å². The molecule has 0 saturated carbocycles. The van der Waals surface area contributed by atoms with E-state index in [1.165, 1.54) is 43.1 Å². The van der Waals surface area contributed by atoms with Gasteiger partial charge in [0.2, 0.25) is 0 Å². The number of nitrogens with one attached hydrogen (secondary N) is 1. The predicted molar refractivity (Wildman–Crippen MR) is 82.2 cm³/mol. The first-order valence-corrected chi connectivity index (χ1v) is 8.04. The highest BCUT2D eigenvalue weighted by Gasteiger charge is 2.35. The molecule has 0 spiro atoms. The second-order valence-electron chi connectivity index (χ2n) is 6.10. The molecule has 2 aliphatic heterocycles. The third kappa shape index (κ3) is 2.01. The molecule has 2 atom stereocenters. The van der Waals surface area contributed by atoms with E-state index in [2.05, 4.69) is 28.4 Å². The van der Waals surface area contributed by atoms with E-state index in [1.54, 1.807) is 4.57 Å². The number of nitrogens with zero attached hydrogens (tertiary/aromatic N) is 2. The van der Waals surface area contributed by atoms with Gasteiger partial charge in [-0.3, -0.25) is 9.69 Å². The van der Waals surface area contributed by atoms with Crippen LogP contribution in [-0.4, -0.2) is 35.6 Å². The molecule has 2 saturated heterocycles. The van der Waals surface area contributed by atoms with E-state index < -0.39 is 0 Å². The minimum atomic E-state index is 0.124. The molecule has 4 rings (SSSR count).